The van der Waals surface area contributed by atoms with Crippen molar-refractivity contribution in [2.24, 2.45) is 0 Å². The second-order valence-electron chi connectivity index (χ2n) is 4.17. The molecule has 20 heavy (non-hydrogen) atoms. The van der Waals surface area contributed by atoms with Crippen molar-refractivity contribution in [3.8, 4) is 0 Å². The molecule has 0 spiro atoms. The van der Waals surface area contributed by atoms with Crippen LogP contribution in [-0.4, -0.2) is 18.6 Å². The number of sulfonamides is 1. The van der Waals surface area contributed by atoms with Crippen LogP contribution in [0.1, 0.15) is 17.3 Å². The predicted molar refractivity (Wildman–Crippen MR) is 73.7 cm³/mol. The summed E-state index contributed by atoms with van der Waals surface area (Å²) >= 11 is 5.93. The van der Waals surface area contributed by atoms with Gasteiger partial charge in [-0.1, -0.05) is 16.8 Å². The lowest BCUT2D eigenvalue weighted by Crippen LogP contribution is -2.24. The van der Waals surface area contributed by atoms with Gasteiger partial charge < -0.3 is 10.3 Å². The van der Waals surface area contributed by atoms with Crippen LogP contribution in [0.5, 0.6) is 0 Å². The van der Waals surface area contributed by atoms with E-state index < -0.39 is 10.0 Å². The Hall–Kier alpha value is -1.64. The third-order valence-corrected chi connectivity index (χ3v) is 4.43. The van der Waals surface area contributed by atoms with Crippen LogP contribution in [0.15, 0.2) is 21.6 Å². The fourth-order valence-corrected chi connectivity index (χ4v) is 2.82. The minimum Gasteiger partial charge on any atom is -0.398 e. The van der Waals surface area contributed by atoms with Gasteiger partial charge in [-0.3, -0.25) is 0 Å². The maximum absolute atomic E-state index is 12.1. The van der Waals surface area contributed by atoms with Crippen molar-refractivity contribution in [2.45, 2.75) is 25.3 Å². The number of aromatic nitrogens is 2. The highest BCUT2D eigenvalue weighted by atomic mass is 35.5. The van der Waals surface area contributed by atoms with Crippen molar-refractivity contribution in [3.05, 3.63) is 34.4 Å². The maximum atomic E-state index is 12.1. The summed E-state index contributed by atoms with van der Waals surface area (Å²) in [5.41, 5.74) is 6.66. The van der Waals surface area contributed by atoms with Crippen molar-refractivity contribution in [3.63, 3.8) is 0 Å². The Bertz CT molecular complexity index is 719. The number of nitrogens with one attached hydrogen (secondary N) is 1. The highest BCUT2D eigenvalue weighted by molar-refractivity contribution is 7.89. The van der Waals surface area contributed by atoms with Crippen LogP contribution >= 0.6 is 11.6 Å². The molecule has 0 fully saturated rings. The summed E-state index contributed by atoms with van der Waals surface area (Å²) in [6.07, 6.45) is 0. The van der Waals surface area contributed by atoms with E-state index in [2.05, 4.69) is 14.9 Å². The van der Waals surface area contributed by atoms with Crippen molar-refractivity contribution >= 4 is 27.3 Å². The van der Waals surface area contributed by atoms with E-state index in [1.807, 2.05) is 0 Å². The molecule has 0 radical (unpaired) electrons. The van der Waals surface area contributed by atoms with Gasteiger partial charge in [0.1, 0.15) is 0 Å². The van der Waals surface area contributed by atoms with Crippen molar-refractivity contribution in [1.82, 2.24) is 14.9 Å². The molecule has 108 valence electrons. The zero-order valence-electron chi connectivity index (χ0n) is 10.8. The topological polar surface area (TPSA) is 111 Å². The van der Waals surface area contributed by atoms with E-state index in [0.717, 1.165) is 0 Å². The molecular formula is C11H13ClN4O3S. The summed E-state index contributed by atoms with van der Waals surface area (Å²) in [7, 11) is -3.75. The van der Waals surface area contributed by atoms with Crippen LogP contribution in [0.2, 0.25) is 5.02 Å². The average Bonchev–Trinajstić information content (AvgIpc) is 2.79. The Balaban J connectivity index is 2.22. The van der Waals surface area contributed by atoms with Crippen molar-refractivity contribution in [1.29, 1.82) is 0 Å². The third-order valence-electron chi connectivity index (χ3n) is 2.66. The smallest absolute Gasteiger partial charge is 0.241 e. The number of nitrogen functional groups attached to an aromatic ring is 1. The molecule has 0 saturated heterocycles. The molecule has 2 rings (SSSR count). The lowest BCUT2D eigenvalue weighted by Gasteiger charge is -2.09. The largest absolute Gasteiger partial charge is 0.398 e. The van der Waals surface area contributed by atoms with E-state index >= 15 is 0 Å². The molecule has 1 aromatic heterocycles. The second kappa shape index (κ2) is 5.39. The highest BCUT2D eigenvalue weighted by Crippen LogP contribution is 2.25. The molecule has 1 aromatic carbocycles. The lowest BCUT2D eigenvalue weighted by molar-refractivity contribution is 0.387. The molecule has 0 amide bonds. The van der Waals surface area contributed by atoms with Crippen LogP contribution in [0.4, 0.5) is 5.69 Å². The zero-order valence-corrected chi connectivity index (χ0v) is 12.4. The summed E-state index contributed by atoms with van der Waals surface area (Å²) in [5, 5.41) is 3.89. The van der Waals surface area contributed by atoms with E-state index in [9.17, 15) is 8.42 Å². The molecule has 0 bridgehead atoms. The quantitative estimate of drug-likeness (QED) is 0.825. The molecule has 7 nitrogen and oxygen atoms in total. The number of rotatable bonds is 4. The molecule has 0 aliphatic heterocycles. The number of hydrogen-bond acceptors (Lipinski definition) is 6. The van der Waals surface area contributed by atoms with Gasteiger partial charge in [-0.2, -0.15) is 4.98 Å². The first-order valence-electron chi connectivity index (χ1n) is 5.64. The van der Waals surface area contributed by atoms with Gasteiger partial charge >= 0.3 is 0 Å². The second-order valence-corrected chi connectivity index (χ2v) is 6.35. The Morgan fingerprint density at radius 2 is 2.10 bits per heavy atom. The molecule has 0 atom stereocenters. The summed E-state index contributed by atoms with van der Waals surface area (Å²) in [6, 6.07) is 2.70. The molecule has 0 unspecified atom stereocenters. The predicted octanol–water partition coefficient (Wildman–Crippen LogP) is 1.40. The van der Waals surface area contributed by atoms with Gasteiger partial charge in [-0.15, -0.1) is 0 Å². The minimum atomic E-state index is -3.75. The number of aryl methyl sites for hydroxylation is 1. The van der Waals surface area contributed by atoms with Crippen molar-refractivity contribution in [2.75, 3.05) is 5.73 Å². The average molecular weight is 317 g/mol. The van der Waals surface area contributed by atoms with Gasteiger partial charge in [0.25, 0.3) is 0 Å². The summed E-state index contributed by atoms with van der Waals surface area (Å²) in [5.74, 6) is 0.610. The molecule has 9 heteroatoms. The number of hydrogen-bond donors (Lipinski definition) is 2. The lowest BCUT2D eigenvalue weighted by atomic mass is 10.2. The highest BCUT2D eigenvalue weighted by Gasteiger charge is 2.17. The Kier molecular flexibility index (Phi) is 3.98. The summed E-state index contributed by atoms with van der Waals surface area (Å²) in [4.78, 5) is 3.89. The number of anilines is 1. The van der Waals surface area contributed by atoms with Crippen LogP contribution in [0.3, 0.4) is 0 Å². The molecule has 2 aromatic rings. The van der Waals surface area contributed by atoms with E-state index in [-0.39, 0.29) is 17.3 Å². The first-order valence-corrected chi connectivity index (χ1v) is 7.50. The first kappa shape index (κ1) is 14.8. The normalized spacial score (nSPS) is 11.8. The fourth-order valence-electron chi connectivity index (χ4n) is 1.49. The van der Waals surface area contributed by atoms with Gasteiger partial charge in [-0.05, 0) is 24.6 Å². The van der Waals surface area contributed by atoms with E-state index in [4.69, 9.17) is 21.9 Å². The van der Waals surface area contributed by atoms with Crippen LogP contribution in [0.25, 0.3) is 0 Å². The standard InChI is InChI=1S/C11H13ClN4O3S/c1-6-9(12)3-8(4-10(6)13)20(17,18)14-5-11-15-7(2)19-16-11/h3-4,14H,5,13H2,1-2H3. The van der Waals surface area contributed by atoms with Gasteiger partial charge in [0.2, 0.25) is 15.9 Å². The van der Waals surface area contributed by atoms with E-state index in [0.29, 0.717) is 22.2 Å². The van der Waals surface area contributed by atoms with Crippen LogP contribution in [0, 0.1) is 13.8 Å². The third kappa shape index (κ3) is 3.09. The molecule has 3 N–H and O–H groups in total. The number of benzene rings is 1. The molecule has 0 saturated carbocycles. The number of nitrogens with two attached hydrogens (primary N) is 1. The summed E-state index contributed by atoms with van der Waals surface area (Å²) < 4.78 is 31.3. The molecule has 1 heterocycles. The van der Waals surface area contributed by atoms with Gasteiger partial charge in [0.15, 0.2) is 5.82 Å². The van der Waals surface area contributed by atoms with E-state index in [1.54, 1.807) is 13.8 Å². The van der Waals surface area contributed by atoms with Crippen LogP contribution < -0.4 is 10.5 Å². The molecule has 0 aliphatic rings. The monoisotopic (exact) mass is 316 g/mol. The molecular weight excluding hydrogens is 304 g/mol. The summed E-state index contributed by atoms with van der Waals surface area (Å²) in [6.45, 7) is 3.25. The SMILES string of the molecule is Cc1nc(CNS(=O)(=O)c2cc(N)c(C)c(Cl)c2)no1. The Morgan fingerprint density at radius 3 is 2.65 bits per heavy atom. The van der Waals surface area contributed by atoms with Crippen LogP contribution in [-0.2, 0) is 16.6 Å². The number of nitrogens with zero attached hydrogens (tertiary/aromatic N) is 2. The van der Waals surface area contributed by atoms with Gasteiger partial charge in [0.05, 0.1) is 11.4 Å². The fraction of sp³-hybridized carbons (Fsp3) is 0.273. The minimum absolute atomic E-state index is 0.00850. The first-order chi connectivity index (χ1) is 9.29. The Morgan fingerprint density at radius 1 is 1.40 bits per heavy atom. The van der Waals surface area contributed by atoms with Gasteiger partial charge in [-0.25, -0.2) is 13.1 Å². The molecule has 0 aliphatic carbocycles. The Labute approximate surface area is 121 Å². The number of halogens is 1. The van der Waals surface area contributed by atoms with Gasteiger partial charge in [0, 0.05) is 17.6 Å². The maximum Gasteiger partial charge on any atom is 0.241 e. The van der Waals surface area contributed by atoms with E-state index in [1.165, 1.54) is 12.1 Å². The van der Waals surface area contributed by atoms with Crippen molar-refractivity contribution < 1.29 is 12.9 Å². The zero-order chi connectivity index (χ0) is 14.9.